The van der Waals surface area contributed by atoms with Crippen molar-refractivity contribution in [1.29, 1.82) is 0 Å². The Kier molecular flexibility index (Phi) is 3.77. The van der Waals surface area contributed by atoms with Crippen molar-refractivity contribution in [2.75, 3.05) is 6.67 Å². The monoisotopic (exact) mass is 209 g/mol. The molecule has 0 spiro atoms. The fraction of sp³-hybridized carbons (Fsp3) is 0.889. The molecule has 1 aliphatic rings. The molecule has 0 unspecified atom stereocenters. The molecule has 0 atom stereocenters. The van der Waals surface area contributed by atoms with Crippen LogP contribution in [0.2, 0.25) is 0 Å². The highest BCUT2D eigenvalue weighted by molar-refractivity contribution is 5.92. The minimum Gasteiger partial charge on any atom is -0.411 e. The van der Waals surface area contributed by atoms with Gasteiger partial charge in [-0.1, -0.05) is 24.4 Å². The molecule has 14 heavy (non-hydrogen) atoms. The van der Waals surface area contributed by atoms with E-state index in [2.05, 4.69) is 5.16 Å². The highest BCUT2D eigenvalue weighted by Gasteiger charge is 2.42. The molecule has 0 saturated heterocycles. The number of oxime groups is 1. The molecule has 1 saturated carbocycles. The molecule has 82 valence electrons. The first-order valence-electron chi connectivity index (χ1n) is 4.73. The van der Waals surface area contributed by atoms with Gasteiger partial charge in [0, 0.05) is 5.41 Å². The summed E-state index contributed by atoms with van der Waals surface area (Å²) < 4.78 is 37.7. The first-order chi connectivity index (χ1) is 6.66. The van der Waals surface area contributed by atoms with Gasteiger partial charge in [-0.05, 0) is 12.8 Å². The van der Waals surface area contributed by atoms with E-state index in [0.29, 0.717) is 12.8 Å². The average Bonchev–Trinajstić information content (AvgIpc) is 2.19. The lowest BCUT2D eigenvalue weighted by Gasteiger charge is -2.34. The quantitative estimate of drug-likeness (QED) is 0.432. The lowest BCUT2D eigenvalue weighted by Crippen LogP contribution is -2.39. The number of nitrogens with zero attached hydrogens (tertiary/aromatic N) is 1. The third-order valence-corrected chi connectivity index (χ3v) is 2.92. The molecule has 1 N–H and O–H groups in total. The maximum absolute atomic E-state index is 12.8. The second-order valence-corrected chi connectivity index (χ2v) is 3.76. The van der Waals surface area contributed by atoms with Crippen molar-refractivity contribution in [2.45, 2.75) is 38.5 Å². The van der Waals surface area contributed by atoms with E-state index < -0.39 is 24.2 Å². The van der Waals surface area contributed by atoms with Gasteiger partial charge in [0.15, 0.2) is 0 Å². The predicted octanol–water partition coefficient (Wildman–Crippen LogP) is 3.00. The van der Waals surface area contributed by atoms with Crippen LogP contribution in [0.5, 0.6) is 0 Å². The summed E-state index contributed by atoms with van der Waals surface area (Å²) in [6.07, 6.45) is 0.212. The highest BCUT2D eigenvalue weighted by Crippen LogP contribution is 2.39. The standard InChI is InChI=1S/C9H14F3NO/c10-6-9(4-2-1-3-5-9)7(13-14)8(11)12/h8,14H,1-6H2/b13-7+. The fourth-order valence-electron chi connectivity index (χ4n) is 2.07. The third-order valence-electron chi connectivity index (χ3n) is 2.92. The Morgan fingerprint density at radius 3 is 2.21 bits per heavy atom. The van der Waals surface area contributed by atoms with Gasteiger partial charge in [0.1, 0.15) is 12.4 Å². The number of hydrogen-bond acceptors (Lipinski definition) is 2. The molecule has 0 bridgehead atoms. The maximum Gasteiger partial charge on any atom is 0.280 e. The van der Waals surface area contributed by atoms with Crippen LogP contribution in [0.25, 0.3) is 0 Å². The van der Waals surface area contributed by atoms with Gasteiger partial charge in [-0.2, -0.15) is 0 Å². The summed E-state index contributed by atoms with van der Waals surface area (Å²) in [6, 6.07) is 0. The largest absolute Gasteiger partial charge is 0.411 e. The van der Waals surface area contributed by atoms with E-state index in [4.69, 9.17) is 5.21 Å². The van der Waals surface area contributed by atoms with Crippen LogP contribution in [0.4, 0.5) is 13.2 Å². The summed E-state index contributed by atoms with van der Waals surface area (Å²) in [4.78, 5) is 0. The summed E-state index contributed by atoms with van der Waals surface area (Å²) in [5.41, 5.74) is -1.89. The summed E-state index contributed by atoms with van der Waals surface area (Å²) in [7, 11) is 0. The Hall–Kier alpha value is -0.740. The van der Waals surface area contributed by atoms with E-state index in [1.54, 1.807) is 0 Å². The van der Waals surface area contributed by atoms with Gasteiger partial charge in [0.25, 0.3) is 6.43 Å². The first kappa shape index (κ1) is 11.3. The topological polar surface area (TPSA) is 32.6 Å². The molecule has 2 nitrogen and oxygen atoms in total. The van der Waals surface area contributed by atoms with Crippen LogP contribution in [0.1, 0.15) is 32.1 Å². The van der Waals surface area contributed by atoms with Crippen molar-refractivity contribution in [2.24, 2.45) is 10.6 Å². The Bertz CT molecular complexity index is 212. The molecule has 0 heterocycles. The van der Waals surface area contributed by atoms with Crippen molar-refractivity contribution in [3.63, 3.8) is 0 Å². The molecule has 1 rings (SSSR count). The van der Waals surface area contributed by atoms with Gasteiger partial charge >= 0.3 is 0 Å². The third kappa shape index (κ3) is 2.01. The minimum absolute atomic E-state index is 0.354. The number of alkyl halides is 3. The predicted molar refractivity (Wildman–Crippen MR) is 46.7 cm³/mol. The number of halogens is 3. The molecule has 1 aliphatic carbocycles. The van der Waals surface area contributed by atoms with Crippen molar-refractivity contribution in [1.82, 2.24) is 0 Å². The summed E-state index contributed by atoms with van der Waals surface area (Å²) in [6.45, 7) is -0.864. The molecule has 0 aliphatic heterocycles. The zero-order valence-corrected chi connectivity index (χ0v) is 7.85. The number of hydrogen-bond donors (Lipinski definition) is 1. The van der Waals surface area contributed by atoms with Crippen molar-refractivity contribution in [3.8, 4) is 0 Å². The Morgan fingerprint density at radius 2 is 1.86 bits per heavy atom. The molecule has 0 aromatic heterocycles. The molecule has 5 heteroatoms. The fourth-order valence-corrected chi connectivity index (χ4v) is 2.07. The zero-order chi connectivity index (χ0) is 10.6. The highest BCUT2D eigenvalue weighted by atomic mass is 19.3. The van der Waals surface area contributed by atoms with Crippen LogP contribution >= 0.6 is 0 Å². The molecular weight excluding hydrogens is 195 g/mol. The maximum atomic E-state index is 12.8. The number of rotatable bonds is 3. The van der Waals surface area contributed by atoms with E-state index >= 15 is 0 Å². The van der Waals surface area contributed by atoms with Crippen LogP contribution in [0.15, 0.2) is 5.16 Å². The van der Waals surface area contributed by atoms with Gasteiger partial charge in [0.05, 0.1) is 0 Å². The van der Waals surface area contributed by atoms with E-state index in [9.17, 15) is 13.2 Å². The van der Waals surface area contributed by atoms with Gasteiger partial charge in [-0.15, -0.1) is 0 Å². The van der Waals surface area contributed by atoms with Crippen LogP contribution in [0, 0.1) is 5.41 Å². The second kappa shape index (κ2) is 4.66. The molecular formula is C9H14F3NO. The summed E-state index contributed by atoms with van der Waals surface area (Å²) in [5.74, 6) is 0. The van der Waals surface area contributed by atoms with E-state index in [0.717, 1.165) is 19.3 Å². The van der Waals surface area contributed by atoms with Crippen molar-refractivity contribution in [3.05, 3.63) is 0 Å². The lowest BCUT2D eigenvalue weighted by atomic mass is 9.71. The van der Waals surface area contributed by atoms with Gasteiger partial charge < -0.3 is 5.21 Å². The van der Waals surface area contributed by atoms with Crippen LogP contribution in [0.3, 0.4) is 0 Å². The Balaban J connectivity index is 2.86. The van der Waals surface area contributed by atoms with E-state index in [1.165, 1.54) is 0 Å². The molecule has 0 radical (unpaired) electrons. The minimum atomic E-state index is -2.87. The molecule has 0 aromatic rings. The first-order valence-corrected chi connectivity index (χ1v) is 4.73. The van der Waals surface area contributed by atoms with Crippen LogP contribution < -0.4 is 0 Å². The second-order valence-electron chi connectivity index (χ2n) is 3.76. The molecule has 1 fully saturated rings. The van der Waals surface area contributed by atoms with Gasteiger partial charge in [-0.25, -0.2) is 8.78 Å². The molecule has 0 aromatic carbocycles. The zero-order valence-electron chi connectivity index (χ0n) is 7.85. The van der Waals surface area contributed by atoms with Gasteiger partial charge in [0.2, 0.25) is 0 Å². The van der Waals surface area contributed by atoms with Crippen LogP contribution in [-0.2, 0) is 0 Å². The van der Waals surface area contributed by atoms with E-state index in [-0.39, 0.29) is 0 Å². The summed E-state index contributed by atoms with van der Waals surface area (Å²) in [5, 5.41) is 11.1. The smallest absolute Gasteiger partial charge is 0.280 e. The van der Waals surface area contributed by atoms with Gasteiger partial charge in [-0.3, -0.25) is 4.39 Å². The Morgan fingerprint density at radius 1 is 1.29 bits per heavy atom. The Labute approximate surface area is 80.8 Å². The van der Waals surface area contributed by atoms with Crippen molar-refractivity contribution < 1.29 is 18.4 Å². The normalized spacial score (nSPS) is 22.7. The molecule has 0 amide bonds. The SMILES string of the molecule is O/N=C(\C(F)F)C1(CF)CCCCC1. The van der Waals surface area contributed by atoms with E-state index in [1.807, 2.05) is 0 Å². The lowest BCUT2D eigenvalue weighted by molar-refractivity contribution is 0.151. The van der Waals surface area contributed by atoms with Crippen molar-refractivity contribution >= 4 is 5.71 Å². The van der Waals surface area contributed by atoms with Crippen LogP contribution in [-0.4, -0.2) is 24.0 Å². The average molecular weight is 209 g/mol. The summed E-state index contributed by atoms with van der Waals surface area (Å²) >= 11 is 0.